The lowest BCUT2D eigenvalue weighted by Gasteiger charge is -2.09. The zero-order valence-electron chi connectivity index (χ0n) is 12.6. The van der Waals surface area contributed by atoms with Crippen LogP contribution in [0.5, 0.6) is 23.0 Å². The summed E-state index contributed by atoms with van der Waals surface area (Å²) in [7, 11) is 0. The van der Waals surface area contributed by atoms with Gasteiger partial charge >= 0.3 is 0 Å². The summed E-state index contributed by atoms with van der Waals surface area (Å²) in [6, 6.07) is 21.9. The van der Waals surface area contributed by atoms with Crippen LogP contribution in [0.1, 0.15) is 0 Å². The quantitative estimate of drug-likeness (QED) is 0.611. The summed E-state index contributed by atoms with van der Waals surface area (Å²) in [5, 5.41) is 0. The number of ether oxygens (including phenoxy) is 2. The van der Waals surface area contributed by atoms with E-state index in [4.69, 9.17) is 20.9 Å². The van der Waals surface area contributed by atoms with Crippen molar-refractivity contribution in [1.29, 1.82) is 0 Å². The summed E-state index contributed by atoms with van der Waals surface area (Å²) in [5.74, 6) is 2.71. The molecule has 0 aromatic heterocycles. The molecule has 118 valence electrons. The van der Waals surface area contributed by atoms with E-state index in [0.717, 1.165) is 0 Å². The molecule has 0 bridgehead atoms. The van der Waals surface area contributed by atoms with Gasteiger partial charge in [-0.05, 0) is 36.4 Å². The largest absolute Gasteiger partial charge is 0.457 e. The highest BCUT2D eigenvalue weighted by Crippen LogP contribution is 2.29. The van der Waals surface area contributed by atoms with Crippen LogP contribution in [-0.4, -0.2) is 0 Å². The van der Waals surface area contributed by atoms with E-state index >= 15 is 0 Å². The minimum Gasteiger partial charge on any atom is -0.457 e. The van der Waals surface area contributed by atoms with E-state index in [9.17, 15) is 0 Å². The summed E-state index contributed by atoms with van der Waals surface area (Å²) < 4.78 is 11.6. The number of nitrogens with two attached hydrogens (primary N) is 2. The van der Waals surface area contributed by atoms with Gasteiger partial charge in [-0.25, -0.2) is 0 Å². The molecule has 7 N–H and O–H groups in total. The number of rotatable bonds is 4. The van der Waals surface area contributed by atoms with E-state index in [1.807, 2.05) is 60.7 Å². The molecule has 0 fully saturated rings. The Bertz CT molecular complexity index is 728. The van der Waals surface area contributed by atoms with Crippen LogP contribution < -0.4 is 27.1 Å². The van der Waals surface area contributed by atoms with Crippen molar-refractivity contribution >= 4 is 11.4 Å². The predicted octanol–water partition coefficient (Wildman–Crippen LogP) is 4.60. The van der Waals surface area contributed by atoms with Crippen molar-refractivity contribution in [3.05, 3.63) is 72.8 Å². The van der Waals surface area contributed by atoms with Crippen LogP contribution in [0, 0.1) is 0 Å². The van der Waals surface area contributed by atoms with Crippen molar-refractivity contribution in [3.8, 4) is 23.0 Å². The number of hydrogen-bond donors (Lipinski definition) is 3. The summed E-state index contributed by atoms with van der Waals surface area (Å²) in [4.78, 5) is 0. The van der Waals surface area contributed by atoms with Crippen LogP contribution in [-0.2, 0) is 0 Å². The zero-order chi connectivity index (χ0) is 15.4. The van der Waals surface area contributed by atoms with Crippen LogP contribution in [0.2, 0.25) is 0 Å². The molecule has 0 aliphatic heterocycles. The summed E-state index contributed by atoms with van der Waals surface area (Å²) in [5.41, 5.74) is 12.8. The fraction of sp³-hybridized carbons (Fsp3) is 0. The minimum atomic E-state index is 0. The molecule has 5 heteroatoms. The lowest BCUT2D eigenvalue weighted by molar-refractivity contribution is 0.460. The number of nitrogen functional groups attached to an aromatic ring is 2. The smallest absolute Gasteiger partial charge is 0.131 e. The molecule has 3 aromatic rings. The molecule has 0 saturated carbocycles. The third kappa shape index (κ3) is 4.39. The second-order valence-corrected chi connectivity index (χ2v) is 4.82. The number of anilines is 2. The van der Waals surface area contributed by atoms with Crippen LogP contribution in [0.25, 0.3) is 0 Å². The molecule has 3 rings (SSSR count). The molecule has 0 saturated heterocycles. The Labute approximate surface area is 135 Å². The zero-order valence-corrected chi connectivity index (χ0v) is 12.6. The standard InChI is InChI=1S/C18H16N2O2.H3N/c19-13-4-1-6-15(10-13)21-17-8-3-9-18(12-17)22-16-7-2-5-14(20)11-16;/h1-12H,19-20H2;1H3. The van der Waals surface area contributed by atoms with Crippen molar-refractivity contribution in [2.75, 3.05) is 11.5 Å². The third-order valence-corrected chi connectivity index (χ3v) is 2.99. The molecule has 0 spiro atoms. The fourth-order valence-corrected chi connectivity index (χ4v) is 2.03. The third-order valence-electron chi connectivity index (χ3n) is 2.99. The van der Waals surface area contributed by atoms with E-state index in [-0.39, 0.29) is 6.15 Å². The summed E-state index contributed by atoms with van der Waals surface area (Å²) >= 11 is 0. The van der Waals surface area contributed by atoms with Crippen molar-refractivity contribution < 1.29 is 9.47 Å². The second kappa shape index (κ2) is 7.20. The van der Waals surface area contributed by atoms with Gasteiger partial charge in [-0.2, -0.15) is 0 Å². The van der Waals surface area contributed by atoms with Crippen molar-refractivity contribution in [1.82, 2.24) is 6.15 Å². The maximum absolute atomic E-state index is 5.78. The first-order chi connectivity index (χ1) is 10.7. The van der Waals surface area contributed by atoms with Crippen LogP contribution in [0.15, 0.2) is 72.8 Å². The van der Waals surface area contributed by atoms with E-state index in [1.54, 1.807) is 12.1 Å². The van der Waals surface area contributed by atoms with Crippen molar-refractivity contribution in [3.63, 3.8) is 0 Å². The average Bonchev–Trinajstić information content (AvgIpc) is 2.47. The Morgan fingerprint density at radius 2 is 0.870 bits per heavy atom. The van der Waals surface area contributed by atoms with Gasteiger partial charge in [0, 0.05) is 29.6 Å². The Morgan fingerprint density at radius 1 is 0.522 bits per heavy atom. The maximum Gasteiger partial charge on any atom is 0.131 e. The molecule has 0 radical (unpaired) electrons. The first kappa shape index (κ1) is 16.2. The topological polar surface area (TPSA) is 106 Å². The van der Waals surface area contributed by atoms with E-state index in [2.05, 4.69) is 0 Å². The Balaban J connectivity index is 0.00000192. The van der Waals surface area contributed by atoms with Crippen LogP contribution >= 0.6 is 0 Å². The summed E-state index contributed by atoms with van der Waals surface area (Å²) in [6.45, 7) is 0. The van der Waals surface area contributed by atoms with Crippen molar-refractivity contribution in [2.45, 2.75) is 0 Å². The molecule has 23 heavy (non-hydrogen) atoms. The van der Waals surface area contributed by atoms with Crippen LogP contribution in [0.3, 0.4) is 0 Å². The van der Waals surface area contributed by atoms with Crippen molar-refractivity contribution in [2.24, 2.45) is 0 Å². The first-order valence-corrected chi connectivity index (χ1v) is 6.86. The average molecular weight is 309 g/mol. The molecular formula is C18H19N3O2. The molecule has 0 atom stereocenters. The van der Waals surface area contributed by atoms with Gasteiger partial charge in [0.15, 0.2) is 0 Å². The minimum absolute atomic E-state index is 0. The molecule has 0 unspecified atom stereocenters. The highest BCUT2D eigenvalue weighted by atomic mass is 16.5. The highest BCUT2D eigenvalue weighted by molar-refractivity contribution is 5.47. The lowest BCUT2D eigenvalue weighted by Crippen LogP contribution is -1.90. The van der Waals surface area contributed by atoms with Gasteiger partial charge in [-0.15, -0.1) is 0 Å². The molecule has 5 nitrogen and oxygen atoms in total. The fourth-order valence-electron chi connectivity index (χ4n) is 2.03. The molecular weight excluding hydrogens is 290 g/mol. The Kier molecular flexibility index (Phi) is 5.07. The molecule has 3 aromatic carbocycles. The Hall–Kier alpha value is -3.18. The monoisotopic (exact) mass is 309 g/mol. The molecule has 0 aliphatic carbocycles. The van der Waals surface area contributed by atoms with Gasteiger partial charge in [0.05, 0.1) is 0 Å². The maximum atomic E-state index is 5.78. The number of benzene rings is 3. The van der Waals surface area contributed by atoms with Gasteiger partial charge in [0.25, 0.3) is 0 Å². The Morgan fingerprint density at radius 3 is 1.26 bits per heavy atom. The molecule has 0 aliphatic rings. The van der Waals surface area contributed by atoms with Gasteiger partial charge in [0.2, 0.25) is 0 Å². The van der Waals surface area contributed by atoms with E-state index < -0.39 is 0 Å². The SMILES string of the molecule is N.Nc1cccc(Oc2cccc(Oc3cccc(N)c3)c2)c1. The second-order valence-electron chi connectivity index (χ2n) is 4.82. The van der Waals surface area contributed by atoms with Gasteiger partial charge in [0.1, 0.15) is 23.0 Å². The first-order valence-electron chi connectivity index (χ1n) is 6.86. The van der Waals surface area contributed by atoms with E-state index in [0.29, 0.717) is 34.4 Å². The normalized spacial score (nSPS) is 9.74. The molecule has 0 amide bonds. The van der Waals surface area contributed by atoms with Gasteiger partial charge in [-0.1, -0.05) is 18.2 Å². The predicted molar refractivity (Wildman–Crippen MR) is 93.3 cm³/mol. The number of hydrogen-bond acceptors (Lipinski definition) is 5. The summed E-state index contributed by atoms with van der Waals surface area (Å²) in [6.07, 6.45) is 0. The lowest BCUT2D eigenvalue weighted by atomic mass is 10.3. The van der Waals surface area contributed by atoms with Gasteiger partial charge < -0.3 is 27.1 Å². The van der Waals surface area contributed by atoms with Crippen LogP contribution in [0.4, 0.5) is 11.4 Å². The van der Waals surface area contributed by atoms with E-state index in [1.165, 1.54) is 0 Å². The molecule has 0 heterocycles. The van der Waals surface area contributed by atoms with Gasteiger partial charge in [-0.3, -0.25) is 0 Å². The highest BCUT2D eigenvalue weighted by Gasteiger charge is 2.02.